The number of para-hydroxylation sites is 1. The van der Waals surface area contributed by atoms with Gasteiger partial charge in [-0.2, -0.15) is 0 Å². The van der Waals surface area contributed by atoms with Crippen molar-refractivity contribution in [3.63, 3.8) is 0 Å². The largest absolute Gasteiger partial charge is 0.326 e. The highest BCUT2D eigenvalue weighted by Crippen LogP contribution is 2.22. The molecule has 0 atom stereocenters. The van der Waals surface area contributed by atoms with Crippen molar-refractivity contribution in [1.82, 2.24) is 0 Å². The van der Waals surface area contributed by atoms with Gasteiger partial charge in [0.2, 0.25) is 15.9 Å². The summed E-state index contributed by atoms with van der Waals surface area (Å²) in [4.78, 5) is 12.2. The highest BCUT2D eigenvalue weighted by molar-refractivity contribution is 7.92. The van der Waals surface area contributed by atoms with Crippen LogP contribution in [-0.2, 0) is 14.8 Å². The van der Waals surface area contributed by atoms with Gasteiger partial charge in [0.25, 0.3) is 0 Å². The summed E-state index contributed by atoms with van der Waals surface area (Å²) in [6, 6.07) is 8.56. The topological polar surface area (TPSA) is 66.5 Å². The van der Waals surface area contributed by atoms with E-state index in [-0.39, 0.29) is 31.0 Å². The lowest BCUT2D eigenvalue weighted by molar-refractivity contribution is -0.116. The smallest absolute Gasteiger partial charge is 0.232 e. The van der Waals surface area contributed by atoms with Crippen LogP contribution in [0.15, 0.2) is 36.4 Å². The van der Waals surface area contributed by atoms with Crippen molar-refractivity contribution < 1.29 is 22.0 Å². The van der Waals surface area contributed by atoms with Crippen LogP contribution < -0.4 is 9.62 Å². The Morgan fingerprint density at radius 2 is 1.70 bits per heavy atom. The molecule has 0 heterocycles. The summed E-state index contributed by atoms with van der Waals surface area (Å²) < 4.78 is 51.5. The number of anilines is 2. The molecule has 146 valence electrons. The summed E-state index contributed by atoms with van der Waals surface area (Å²) in [6.07, 6.45) is 1.29. The number of benzene rings is 2. The zero-order valence-corrected chi connectivity index (χ0v) is 16.2. The lowest BCUT2D eigenvalue weighted by Crippen LogP contribution is -2.31. The number of carbonyl (C=O) groups excluding carboxylic acids is 1. The Bertz CT molecular complexity index is 926. The van der Waals surface area contributed by atoms with Crippen LogP contribution in [-0.4, -0.2) is 27.1 Å². The van der Waals surface area contributed by atoms with Crippen molar-refractivity contribution in [2.24, 2.45) is 0 Å². The quantitative estimate of drug-likeness (QED) is 0.775. The van der Waals surface area contributed by atoms with Crippen LogP contribution in [0, 0.1) is 25.5 Å². The van der Waals surface area contributed by atoms with E-state index in [0.29, 0.717) is 0 Å². The molecular weight excluding hydrogens is 374 g/mol. The number of sulfonamides is 1. The summed E-state index contributed by atoms with van der Waals surface area (Å²) in [5.74, 6) is -2.43. The molecule has 0 radical (unpaired) electrons. The Balaban J connectivity index is 2.03. The van der Waals surface area contributed by atoms with E-state index in [9.17, 15) is 22.0 Å². The van der Waals surface area contributed by atoms with Crippen molar-refractivity contribution in [2.45, 2.75) is 26.7 Å². The van der Waals surface area contributed by atoms with Crippen LogP contribution in [0.4, 0.5) is 20.2 Å². The highest BCUT2D eigenvalue weighted by Gasteiger charge is 2.19. The molecule has 0 spiro atoms. The molecule has 2 rings (SSSR count). The van der Waals surface area contributed by atoms with Gasteiger partial charge in [0, 0.05) is 24.7 Å². The molecule has 0 aliphatic rings. The van der Waals surface area contributed by atoms with E-state index >= 15 is 0 Å². The molecule has 27 heavy (non-hydrogen) atoms. The maximum atomic E-state index is 13.4. The molecular formula is C19H22F2N2O3S. The first-order valence-corrected chi connectivity index (χ1v) is 10.2. The standard InChI is InChI=1S/C19H22F2N2O3S/c1-13-6-4-7-14(2)19(13)22-18(24)8-5-11-23(27(3,25)26)15-9-10-16(20)17(21)12-15/h4,6-7,9-10,12H,5,8,11H2,1-3H3,(H,22,24). The van der Waals surface area contributed by atoms with E-state index < -0.39 is 21.7 Å². The minimum Gasteiger partial charge on any atom is -0.326 e. The molecule has 2 aromatic rings. The third kappa shape index (κ3) is 5.50. The van der Waals surface area contributed by atoms with Gasteiger partial charge in [-0.25, -0.2) is 17.2 Å². The lowest BCUT2D eigenvalue weighted by Gasteiger charge is -2.22. The molecule has 1 amide bonds. The maximum Gasteiger partial charge on any atom is 0.232 e. The fraction of sp³-hybridized carbons (Fsp3) is 0.316. The molecule has 0 saturated heterocycles. The van der Waals surface area contributed by atoms with Gasteiger partial charge >= 0.3 is 0 Å². The van der Waals surface area contributed by atoms with Gasteiger partial charge in [0.1, 0.15) is 0 Å². The second-order valence-corrected chi connectivity index (χ2v) is 8.26. The molecule has 0 unspecified atom stereocenters. The van der Waals surface area contributed by atoms with Crippen molar-refractivity contribution in [2.75, 3.05) is 22.4 Å². The van der Waals surface area contributed by atoms with Crippen LogP contribution >= 0.6 is 0 Å². The Hall–Kier alpha value is -2.48. The van der Waals surface area contributed by atoms with Crippen molar-refractivity contribution in [3.05, 3.63) is 59.2 Å². The van der Waals surface area contributed by atoms with E-state index in [2.05, 4.69) is 5.32 Å². The van der Waals surface area contributed by atoms with E-state index in [0.717, 1.165) is 39.5 Å². The molecule has 0 saturated carbocycles. The number of halogens is 2. The third-order valence-electron chi connectivity index (χ3n) is 4.10. The van der Waals surface area contributed by atoms with Gasteiger partial charge in [-0.3, -0.25) is 9.10 Å². The average Bonchev–Trinajstić information content (AvgIpc) is 2.57. The predicted molar refractivity (Wildman–Crippen MR) is 102 cm³/mol. The monoisotopic (exact) mass is 396 g/mol. The maximum absolute atomic E-state index is 13.4. The third-order valence-corrected chi connectivity index (χ3v) is 5.30. The number of rotatable bonds is 7. The normalized spacial score (nSPS) is 11.3. The van der Waals surface area contributed by atoms with Crippen molar-refractivity contribution in [3.8, 4) is 0 Å². The molecule has 0 aliphatic carbocycles. The van der Waals surface area contributed by atoms with Crippen LogP contribution in [0.25, 0.3) is 0 Å². The first kappa shape index (κ1) is 20.8. The van der Waals surface area contributed by atoms with E-state index in [4.69, 9.17) is 0 Å². The van der Waals surface area contributed by atoms with Crippen LogP contribution in [0.5, 0.6) is 0 Å². The molecule has 0 aromatic heterocycles. The molecule has 5 nitrogen and oxygen atoms in total. The van der Waals surface area contributed by atoms with E-state index in [1.807, 2.05) is 32.0 Å². The van der Waals surface area contributed by atoms with Crippen LogP contribution in [0.1, 0.15) is 24.0 Å². The number of nitrogens with one attached hydrogen (secondary N) is 1. The number of hydrogen-bond donors (Lipinski definition) is 1. The van der Waals surface area contributed by atoms with Crippen LogP contribution in [0.3, 0.4) is 0 Å². The Morgan fingerprint density at radius 1 is 1.07 bits per heavy atom. The zero-order chi connectivity index (χ0) is 20.2. The molecule has 0 aliphatic heterocycles. The number of hydrogen-bond acceptors (Lipinski definition) is 3. The van der Waals surface area contributed by atoms with Crippen molar-refractivity contribution in [1.29, 1.82) is 0 Å². The molecule has 0 fully saturated rings. The lowest BCUT2D eigenvalue weighted by atomic mass is 10.1. The van der Waals surface area contributed by atoms with Gasteiger partial charge in [-0.15, -0.1) is 0 Å². The molecule has 2 aromatic carbocycles. The Kier molecular flexibility index (Phi) is 6.54. The fourth-order valence-electron chi connectivity index (χ4n) is 2.72. The van der Waals surface area contributed by atoms with E-state index in [1.165, 1.54) is 6.07 Å². The Labute approximate surface area is 158 Å². The second kappa shape index (κ2) is 8.47. The fourth-order valence-corrected chi connectivity index (χ4v) is 3.68. The van der Waals surface area contributed by atoms with Crippen molar-refractivity contribution >= 4 is 27.3 Å². The number of carbonyl (C=O) groups is 1. The number of nitrogens with zero attached hydrogens (tertiary/aromatic N) is 1. The number of aryl methyl sites for hydroxylation is 2. The van der Waals surface area contributed by atoms with Gasteiger partial charge in [-0.05, 0) is 43.5 Å². The molecule has 8 heteroatoms. The summed E-state index contributed by atoms with van der Waals surface area (Å²) in [7, 11) is -3.71. The molecule has 1 N–H and O–H groups in total. The van der Waals surface area contributed by atoms with Gasteiger partial charge < -0.3 is 5.32 Å². The first-order valence-electron chi connectivity index (χ1n) is 8.38. The van der Waals surface area contributed by atoms with E-state index in [1.54, 1.807) is 0 Å². The first-order chi connectivity index (χ1) is 12.6. The minimum atomic E-state index is -3.71. The average molecular weight is 396 g/mol. The van der Waals surface area contributed by atoms with Crippen LogP contribution in [0.2, 0.25) is 0 Å². The second-order valence-electron chi connectivity index (χ2n) is 6.35. The summed E-state index contributed by atoms with van der Waals surface area (Å²) in [6.45, 7) is 3.75. The van der Waals surface area contributed by atoms with Gasteiger partial charge in [-0.1, -0.05) is 18.2 Å². The SMILES string of the molecule is Cc1cccc(C)c1NC(=O)CCCN(c1ccc(F)c(F)c1)S(C)(=O)=O. The zero-order valence-electron chi connectivity index (χ0n) is 15.4. The highest BCUT2D eigenvalue weighted by atomic mass is 32.2. The number of amides is 1. The van der Waals surface area contributed by atoms with Gasteiger partial charge in [0.15, 0.2) is 11.6 Å². The molecule has 0 bridgehead atoms. The minimum absolute atomic E-state index is 0.0200. The predicted octanol–water partition coefficient (Wildman–Crippen LogP) is 3.77. The summed E-state index contributed by atoms with van der Waals surface area (Å²) >= 11 is 0. The van der Waals surface area contributed by atoms with Gasteiger partial charge in [0.05, 0.1) is 11.9 Å². The Morgan fingerprint density at radius 3 is 2.26 bits per heavy atom. The summed E-state index contributed by atoms with van der Waals surface area (Å²) in [5, 5.41) is 2.83. The summed E-state index contributed by atoms with van der Waals surface area (Å²) in [5.41, 5.74) is 2.63.